The standard InChI is InChI=1S/C10H18O3/c1-6(2)7-4-8(7)9(11)5-10(12)13-3/h6-9,11H,4-5H2,1-3H3/t7-,8+,9+/m0/s1. The Labute approximate surface area is 79.1 Å². The Morgan fingerprint density at radius 1 is 1.54 bits per heavy atom. The lowest BCUT2D eigenvalue weighted by Crippen LogP contribution is -2.18. The van der Waals surface area contributed by atoms with Gasteiger partial charge >= 0.3 is 5.97 Å². The van der Waals surface area contributed by atoms with Crippen LogP contribution in [0, 0.1) is 17.8 Å². The Kier molecular flexibility index (Phi) is 3.31. The average molecular weight is 186 g/mol. The Morgan fingerprint density at radius 2 is 2.15 bits per heavy atom. The van der Waals surface area contributed by atoms with E-state index in [0.29, 0.717) is 17.8 Å². The number of esters is 1. The summed E-state index contributed by atoms with van der Waals surface area (Å²) >= 11 is 0. The fourth-order valence-electron chi connectivity index (χ4n) is 1.85. The highest BCUT2D eigenvalue weighted by molar-refractivity contribution is 5.69. The molecule has 76 valence electrons. The maximum atomic E-state index is 10.8. The first-order valence-corrected chi connectivity index (χ1v) is 4.81. The van der Waals surface area contributed by atoms with Gasteiger partial charge in [0.2, 0.25) is 0 Å². The summed E-state index contributed by atoms with van der Waals surface area (Å²) in [6.45, 7) is 4.30. The molecule has 1 fully saturated rings. The fourth-order valence-corrected chi connectivity index (χ4v) is 1.85. The molecule has 0 spiro atoms. The molecule has 0 aromatic heterocycles. The maximum Gasteiger partial charge on any atom is 0.308 e. The van der Waals surface area contributed by atoms with Crippen LogP contribution < -0.4 is 0 Å². The summed E-state index contributed by atoms with van der Waals surface area (Å²) in [6, 6.07) is 0. The highest BCUT2D eigenvalue weighted by Crippen LogP contribution is 2.47. The number of carbonyl (C=O) groups is 1. The second-order valence-corrected chi connectivity index (χ2v) is 4.16. The summed E-state index contributed by atoms with van der Waals surface area (Å²) in [7, 11) is 1.35. The highest BCUT2D eigenvalue weighted by atomic mass is 16.5. The Bertz CT molecular complexity index is 189. The van der Waals surface area contributed by atoms with Gasteiger partial charge in [0.05, 0.1) is 19.6 Å². The van der Waals surface area contributed by atoms with Gasteiger partial charge < -0.3 is 9.84 Å². The SMILES string of the molecule is COC(=O)C[C@@H](O)[C@@H]1C[C@H]1C(C)C. The van der Waals surface area contributed by atoms with Crippen LogP contribution >= 0.6 is 0 Å². The first-order valence-electron chi connectivity index (χ1n) is 4.81. The van der Waals surface area contributed by atoms with Crippen LogP contribution in [0.15, 0.2) is 0 Å². The van der Waals surface area contributed by atoms with E-state index in [4.69, 9.17) is 0 Å². The molecule has 13 heavy (non-hydrogen) atoms. The second kappa shape index (κ2) is 4.09. The van der Waals surface area contributed by atoms with Crippen LogP contribution in [0.3, 0.4) is 0 Å². The number of aliphatic hydroxyl groups is 1. The van der Waals surface area contributed by atoms with Gasteiger partial charge in [-0.25, -0.2) is 0 Å². The van der Waals surface area contributed by atoms with E-state index in [0.717, 1.165) is 6.42 Å². The van der Waals surface area contributed by atoms with Crippen molar-refractivity contribution in [3.63, 3.8) is 0 Å². The topological polar surface area (TPSA) is 46.5 Å². The molecule has 1 saturated carbocycles. The van der Waals surface area contributed by atoms with Crippen molar-refractivity contribution in [2.75, 3.05) is 7.11 Å². The summed E-state index contributed by atoms with van der Waals surface area (Å²) in [5.74, 6) is 1.21. The summed E-state index contributed by atoms with van der Waals surface area (Å²) in [4.78, 5) is 10.8. The van der Waals surface area contributed by atoms with Gasteiger partial charge in [0.25, 0.3) is 0 Å². The van der Waals surface area contributed by atoms with Crippen molar-refractivity contribution in [3.8, 4) is 0 Å². The van der Waals surface area contributed by atoms with E-state index in [1.807, 2.05) is 0 Å². The van der Waals surface area contributed by atoms with E-state index < -0.39 is 6.10 Å². The molecule has 1 aliphatic rings. The quantitative estimate of drug-likeness (QED) is 0.671. The van der Waals surface area contributed by atoms with Crippen LogP contribution in [0.5, 0.6) is 0 Å². The van der Waals surface area contributed by atoms with Crippen molar-refractivity contribution in [3.05, 3.63) is 0 Å². The van der Waals surface area contributed by atoms with Crippen molar-refractivity contribution in [1.29, 1.82) is 0 Å². The minimum Gasteiger partial charge on any atom is -0.469 e. The zero-order chi connectivity index (χ0) is 10.0. The van der Waals surface area contributed by atoms with Gasteiger partial charge in [0.1, 0.15) is 0 Å². The number of rotatable bonds is 4. The van der Waals surface area contributed by atoms with Gasteiger partial charge in [-0.05, 0) is 24.2 Å². The van der Waals surface area contributed by atoms with Gasteiger partial charge in [-0.3, -0.25) is 4.79 Å². The monoisotopic (exact) mass is 186 g/mol. The lowest BCUT2D eigenvalue weighted by molar-refractivity contribution is -0.143. The molecule has 0 unspecified atom stereocenters. The predicted octanol–water partition coefficient (Wildman–Crippen LogP) is 1.20. The van der Waals surface area contributed by atoms with Crippen LogP contribution in [0.4, 0.5) is 0 Å². The molecular formula is C10H18O3. The number of hydrogen-bond acceptors (Lipinski definition) is 3. The summed E-state index contributed by atoms with van der Waals surface area (Å²) in [5.41, 5.74) is 0. The van der Waals surface area contributed by atoms with Gasteiger partial charge in [-0.15, -0.1) is 0 Å². The van der Waals surface area contributed by atoms with Gasteiger partial charge in [0, 0.05) is 0 Å². The van der Waals surface area contributed by atoms with Crippen LogP contribution in [-0.4, -0.2) is 24.3 Å². The summed E-state index contributed by atoms with van der Waals surface area (Å²) < 4.78 is 4.50. The molecule has 3 atom stereocenters. The third kappa shape index (κ3) is 2.69. The molecule has 0 aromatic carbocycles. The lowest BCUT2D eigenvalue weighted by Gasteiger charge is -2.09. The second-order valence-electron chi connectivity index (χ2n) is 4.16. The Morgan fingerprint density at radius 3 is 2.54 bits per heavy atom. The van der Waals surface area contributed by atoms with E-state index in [1.54, 1.807) is 0 Å². The number of aliphatic hydroxyl groups excluding tert-OH is 1. The Hall–Kier alpha value is -0.570. The highest BCUT2D eigenvalue weighted by Gasteiger charge is 2.44. The molecule has 1 N–H and O–H groups in total. The molecule has 0 aromatic rings. The summed E-state index contributed by atoms with van der Waals surface area (Å²) in [5, 5.41) is 9.61. The van der Waals surface area contributed by atoms with Crippen molar-refractivity contribution in [1.82, 2.24) is 0 Å². The van der Waals surface area contributed by atoms with E-state index >= 15 is 0 Å². The largest absolute Gasteiger partial charge is 0.469 e. The molecule has 0 amide bonds. The third-order valence-corrected chi connectivity index (χ3v) is 2.85. The van der Waals surface area contributed by atoms with Crippen LogP contribution in [0.25, 0.3) is 0 Å². The van der Waals surface area contributed by atoms with E-state index in [1.165, 1.54) is 7.11 Å². The van der Waals surface area contributed by atoms with Gasteiger partial charge in [-0.1, -0.05) is 13.8 Å². The molecule has 0 aliphatic heterocycles. The number of ether oxygens (including phenoxy) is 1. The zero-order valence-corrected chi connectivity index (χ0v) is 8.49. The van der Waals surface area contributed by atoms with Crippen molar-refractivity contribution < 1.29 is 14.6 Å². The molecule has 1 rings (SSSR count). The van der Waals surface area contributed by atoms with Crippen molar-refractivity contribution in [2.24, 2.45) is 17.8 Å². The molecule has 3 nitrogen and oxygen atoms in total. The van der Waals surface area contributed by atoms with E-state index in [-0.39, 0.29) is 12.4 Å². The lowest BCUT2D eigenvalue weighted by atomic mass is 10.0. The maximum absolute atomic E-state index is 10.8. The van der Waals surface area contributed by atoms with Crippen LogP contribution in [-0.2, 0) is 9.53 Å². The number of hydrogen-bond donors (Lipinski definition) is 1. The molecular weight excluding hydrogens is 168 g/mol. The van der Waals surface area contributed by atoms with E-state index in [9.17, 15) is 9.90 Å². The number of carbonyl (C=O) groups excluding carboxylic acids is 1. The molecule has 0 saturated heterocycles. The van der Waals surface area contributed by atoms with E-state index in [2.05, 4.69) is 18.6 Å². The minimum atomic E-state index is -0.500. The first kappa shape index (κ1) is 10.5. The first-order chi connectivity index (χ1) is 6.06. The van der Waals surface area contributed by atoms with Crippen molar-refractivity contribution in [2.45, 2.75) is 32.8 Å². The average Bonchev–Trinajstić information content (AvgIpc) is 2.82. The molecule has 3 heteroatoms. The molecule has 0 heterocycles. The Balaban J connectivity index is 2.27. The molecule has 1 aliphatic carbocycles. The normalized spacial score (nSPS) is 28.7. The van der Waals surface area contributed by atoms with Crippen LogP contribution in [0.2, 0.25) is 0 Å². The minimum absolute atomic E-state index is 0.143. The van der Waals surface area contributed by atoms with Crippen LogP contribution in [0.1, 0.15) is 26.7 Å². The zero-order valence-electron chi connectivity index (χ0n) is 8.49. The van der Waals surface area contributed by atoms with Crippen molar-refractivity contribution >= 4 is 5.97 Å². The van der Waals surface area contributed by atoms with Gasteiger partial charge in [0.15, 0.2) is 0 Å². The third-order valence-electron chi connectivity index (χ3n) is 2.85. The van der Waals surface area contributed by atoms with Gasteiger partial charge in [-0.2, -0.15) is 0 Å². The molecule has 0 bridgehead atoms. The fraction of sp³-hybridized carbons (Fsp3) is 0.900. The predicted molar refractivity (Wildman–Crippen MR) is 49.1 cm³/mol. The molecule has 0 radical (unpaired) electrons. The smallest absolute Gasteiger partial charge is 0.308 e. The number of methoxy groups -OCH3 is 1. The summed E-state index contributed by atoms with van der Waals surface area (Å²) in [6.07, 6.45) is 0.695.